The summed E-state index contributed by atoms with van der Waals surface area (Å²) in [6, 6.07) is 15.6. The smallest absolute Gasteiger partial charge is 0.228 e. The van der Waals surface area contributed by atoms with Crippen molar-refractivity contribution in [3.63, 3.8) is 0 Å². The number of rotatable bonds is 10. The number of sulfone groups is 1. The average molecular weight is 512 g/mol. The Bertz CT molecular complexity index is 1320. The van der Waals surface area contributed by atoms with Gasteiger partial charge in [-0.1, -0.05) is 48.5 Å². The van der Waals surface area contributed by atoms with Crippen molar-refractivity contribution in [2.75, 3.05) is 6.61 Å². The number of amides is 1. The number of nitrogens with zero attached hydrogens (tertiary/aromatic N) is 3. The van der Waals surface area contributed by atoms with Gasteiger partial charge in [-0.25, -0.2) is 17.8 Å². The molecule has 1 saturated carbocycles. The molecule has 0 radical (unpaired) electrons. The van der Waals surface area contributed by atoms with Crippen molar-refractivity contribution in [3.8, 4) is 0 Å². The summed E-state index contributed by atoms with van der Waals surface area (Å²) in [5.41, 5.74) is 1.68. The summed E-state index contributed by atoms with van der Waals surface area (Å²) < 4.78 is 48.5. The Morgan fingerprint density at radius 1 is 1.08 bits per heavy atom. The molecule has 2 aliphatic rings. The Hall–Kier alpha value is -3.04. The van der Waals surface area contributed by atoms with E-state index in [0.29, 0.717) is 18.8 Å². The van der Waals surface area contributed by atoms with Gasteiger partial charge in [0.05, 0.1) is 43.3 Å². The van der Waals surface area contributed by atoms with Gasteiger partial charge >= 0.3 is 0 Å². The lowest BCUT2D eigenvalue weighted by atomic mass is 10.1. The molecule has 1 aliphatic carbocycles. The Morgan fingerprint density at radius 2 is 1.83 bits per heavy atom. The van der Waals surface area contributed by atoms with E-state index in [1.807, 2.05) is 35.2 Å². The van der Waals surface area contributed by atoms with Gasteiger partial charge in [-0.05, 0) is 37.3 Å². The lowest BCUT2D eigenvalue weighted by Crippen LogP contribution is -2.35. The van der Waals surface area contributed by atoms with Crippen molar-refractivity contribution >= 4 is 15.7 Å². The van der Waals surface area contributed by atoms with E-state index in [-0.39, 0.29) is 41.7 Å². The van der Waals surface area contributed by atoms with Crippen LogP contribution in [0, 0.1) is 5.82 Å². The number of carbonyl (C=O) groups excluding carboxylic acids is 1. The Balaban J connectivity index is 1.43. The number of aromatic nitrogens is 2. The molecule has 36 heavy (non-hydrogen) atoms. The van der Waals surface area contributed by atoms with Crippen LogP contribution in [-0.4, -0.2) is 47.5 Å². The third-order valence-electron chi connectivity index (χ3n) is 6.73. The summed E-state index contributed by atoms with van der Waals surface area (Å²) in [6.45, 7) is 1.23. The molecule has 0 N–H and O–H groups in total. The first kappa shape index (κ1) is 24.6. The monoisotopic (exact) mass is 511 g/mol. The van der Waals surface area contributed by atoms with Crippen molar-refractivity contribution in [1.82, 2.24) is 14.5 Å². The van der Waals surface area contributed by atoms with Gasteiger partial charge in [0.15, 0.2) is 0 Å². The number of benzene rings is 2. The van der Waals surface area contributed by atoms with Gasteiger partial charge in [0.2, 0.25) is 20.9 Å². The fourth-order valence-corrected chi connectivity index (χ4v) is 6.21. The molecule has 1 aliphatic heterocycles. The van der Waals surface area contributed by atoms with Crippen molar-refractivity contribution < 1.29 is 22.3 Å². The van der Waals surface area contributed by atoms with E-state index in [1.54, 1.807) is 10.6 Å². The highest BCUT2D eigenvalue weighted by Gasteiger charge is 2.35. The first-order chi connectivity index (χ1) is 17.4. The lowest BCUT2D eigenvalue weighted by molar-refractivity contribution is -0.131. The summed E-state index contributed by atoms with van der Waals surface area (Å²) in [7, 11) is -3.94. The minimum Gasteiger partial charge on any atom is -0.376 e. The van der Waals surface area contributed by atoms with E-state index >= 15 is 0 Å². The molecule has 1 saturated heterocycles. The van der Waals surface area contributed by atoms with Gasteiger partial charge in [0.25, 0.3) is 0 Å². The van der Waals surface area contributed by atoms with Crippen LogP contribution in [0.15, 0.2) is 66.0 Å². The summed E-state index contributed by atoms with van der Waals surface area (Å²) in [5.74, 6) is -1.05. The SMILES string of the molecule is O=C(Cc1ccccc1)N(Cc1cnc(S(=O)(=O)Cc2ccccc2F)n1CC1CCCO1)C1CC1. The molecule has 2 aromatic carbocycles. The molecule has 7 nitrogen and oxygen atoms in total. The molecule has 1 atom stereocenters. The Kier molecular flexibility index (Phi) is 7.20. The molecule has 3 aromatic rings. The van der Waals surface area contributed by atoms with Gasteiger partial charge in [-0.15, -0.1) is 0 Å². The number of imidazole rings is 1. The van der Waals surface area contributed by atoms with Gasteiger partial charge in [-0.2, -0.15) is 0 Å². The summed E-state index contributed by atoms with van der Waals surface area (Å²) in [6.07, 6.45) is 5.29. The second kappa shape index (κ2) is 10.5. The van der Waals surface area contributed by atoms with E-state index in [4.69, 9.17) is 4.74 Å². The highest BCUT2D eigenvalue weighted by molar-refractivity contribution is 7.90. The number of hydrogen-bond donors (Lipinski definition) is 0. The molecule has 1 aromatic heterocycles. The fraction of sp³-hybridized carbons (Fsp3) is 0.407. The summed E-state index contributed by atoms with van der Waals surface area (Å²) >= 11 is 0. The molecule has 1 amide bonds. The topological polar surface area (TPSA) is 81.5 Å². The van der Waals surface area contributed by atoms with Crippen molar-refractivity contribution in [2.24, 2.45) is 0 Å². The highest BCUT2D eigenvalue weighted by Crippen LogP contribution is 2.30. The van der Waals surface area contributed by atoms with Crippen molar-refractivity contribution in [1.29, 1.82) is 0 Å². The Labute approximate surface area is 210 Å². The maximum absolute atomic E-state index is 14.2. The van der Waals surface area contributed by atoms with E-state index in [9.17, 15) is 17.6 Å². The van der Waals surface area contributed by atoms with Crippen molar-refractivity contribution in [2.45, 2.75) is 68.2 Å². The Morgan fingerprint density at radius 3 is 2.53 bits per heavy atom. The third-order valence-corrected chi connectivity index (χ3v) is 8.31. The van der Waals surface area contributed by atoms with Crippen molar-refractivity contribution in [3.05, 3.63) is 83.4 Å². The van der Waals surface area contributed by atoms with Crippen LogP contribution in [0.25, 0.3) is 0 Å². The van der Waals surface area contributed by atoms with Gasteiger partial charge < -0.3 is 14.2 Å². The molecule has 5 rings (SSSR count). The standard InChI is InChI=1S/C27H30FN3O4S/c28-25-11-5-4-9-21(25)19-36(33,34)27-29-16-23(31(27)18-24-10-6-14-35-24)17-30(22-12-13-22)26(32)15-20-7-2-1-3-8-20/h1-5,7-9,11,16,22,24H,6,10,12-15,17-19H2. The quantitative estimate of drug-likeness (QED) is 0.412. The molecular weight excluding hydrogens is 481 g/mol. The zero-order valence-electron chi connectivity index (χ0n) is 20.1. The highest BCUT2D eigenvalue weighted by atomic mass is 32.2. The molecule has 0 bridgehead atoms. The minimum absolute atomic E-state index is 0.00401. The molecule has 2 heterocycles. The molecule has 2 fully saturated rings. The number of carbonyl (C=O) groups is 1. The van der Waals surface area contributed by atoms with Crippen LogP contribution < -0.4 is 0 Å². The van der Waals surface area contributed by atoms with Crippen LogP contribution in [0.5, 0.6) is 0 Å². The number of hydrogen-bond acceptors (Lipinski definition) is 5. The second-order valence-electron chi connectivity index (χ2n) is 9.54. The van der Waals surface area contributed by atoms with E-state index < -0.39 is 21.4 Å². The predicted octanol–water partition coefficient (Wildman–Crippen LogP) is 3.91. The van der Waals surface area contributed by atoms with E-state index in [0.717, 1.165) is 31.2 Å². The maximum Gasteiger partial charge on any atom is 0.228 e. The fourth-order valence-electron chi connectivity index (χ4n) is 4.69. The molecule has 0 spiro atoms. The van der Waals surface area contributed by atoms with Crippen LogP contribution >= 0.6 is 0 Å². The predicted molar refractivity (Wildman–Crippen MR) is 132 cm³/mol. The zero-order chi connectivity index (χ0) is 25.1. The van der Waals surface area contributed by atoms with Gasteiger partial charge in [0, 0.05) is 18.2 Å². The van der Waals surface area contributed by atoms with E-state index in [1.165, 1.54) is 24.4 Å². The normalized spacial score (nSPS) is 17.9. The second-order valence-corrected chi connectivity index (χ2v) is 11.4. The first-order valence-electron chi connectivity index (χ1n) is 12.4. The number of halogens is 1. The molecule has 9 heteroatoms. The van der Waals surface area contributed by atoms with Crippen LogP contribution in [-0.2, 0) is 44.6 Å². The zero-order valence-corrected chi connectivity index (χ0v) is 20.9. The molecule has 1 unspecified atom stereocenters. The molecule has 190 valence electrons. The summed E-state index contributed by atoms with van der Waals surface area (Å²) in [5, 5.41) is -0.109. The third kappa shape index (κ3) is 5.68. The summed E-state index contributed by atoms with van der Waals surface area (Å²) in [4.78, 5) is 19.4. The minimum atomic E-state index is -3.94. The van der Waals surface area contributed by atoms with Crippen LogP contribution in [0.4, 0.5) is 4.39 Å². The largest absolute Gasteiger partial charge is 0.376 e. The lowest BCUT2D eigenvalue weighted by Gasteiger charge is -2.24. The van der Waals surface area contributed by atoms with Crippen LogP contribution in [0.3, 0.4) is 0 Å². The van der Waals surface area contributed by atoms with Crippen LogP contribution in [0.1, 0.15) is 42.5 Å². The van der Waals surface area contributed by atoms with Gasteiger partial charge in [-0.3, -0.25) is 4.79 Å². The maximum atomic E-state index is 14.2. The van der Waals surface area contributed by atoms with Gasteiger partial charge in [0.1, 0.15) is 5.82 Å². The van der Waals surface area contributed by atoms with E-state index in [2.05, 4.69) is 4.98 Å². The first-order valence-corrected chi connectivity index (χ1v) is 14.0. The molecular formula is C27H30FN3O4S. The van der Waals surface area contributed by atoms with Crippen LogP contribution in [0.2, 0.25) is 0 Å². The average Bonchev–Trinajstić information content (AvgIpc) is 3.41. The number of ether oxygens (including phenoxy) is 1.